The number of rotatable bonds is 8. The minimum Gasteiger partial charge on any atom is -0.462 e. The maximum atomic E-state index is 14.4. The van der Waals surface area contributed by atoms with Crippen LogP contribution in [-0.4, -0.2) is 42.5 Å². The van der Waals surface area contributed by atoms with Crippen molar-refractivity contribution in [2.45, 2.75) is 40.3 Å². The molecule has 2 aliphatic heterocycles. The molecule has 0 fully saturated rings. The minimum absolute atomic E-state index is 0.170. The molecule has 0 unspecified atom stereocenters. The highest BCUT2D eigenvalue weighted by molar-refractivity contribution is 6.31. The van der Waals surface area contributed by atoms with Crippen molar-refractivity contribution in [3.63, 3.8) is 0 Å². The van der Waals surface area contributed by atoms with Crippen LogP contribution in [0.3, 0.4) is 0 Å². The fourth-order valence-corrected chi connectivity index (χ4v) is 5.98. The van der Waals surface area contributed by atoms with Crippen LogP contribution in [0.1, 0.15) is 45.4 Å². The van der Waals surface area contributed by atoms with Crippen molar-refractivity contribution in [2.24, 2.45) is 0 Å². The number of pyridine rings is 2. The number of nitrogens with one attached hydrogen (secondary N) is 2. The zero-order chi connectivity index (χ0) is 37.8. The predicted octanol–water partition coefficient (Wildman–Crippen LogP) is 8.69. The highest BCUT2D eigenvalue weighted by Gasteiger charge is 2.25. The molecule has 0 aliphatic carbocycles. The third kappa shape index (κ3) is 7.96. The fourth-order valence-electron chi connectivity index (χ4n) is 5.63. The van der Waals surface area contributed by atoms with E-state index in [-0.39, 0.29) is 41.6 Å². The molecule has 0 radical (unpaired) electrons. The number of hydrogen-bond acceptors (Lipinski definition) is 12. The summed E-state index contributed by atoms with van der Waals surface area (Å²) in [5, 5.41) is 7.22. The second-order valence-corrected chi connectivity index (χ2v) is 12.8. The normalized spacial score (nSPS) is 12.7. The van der Waals surface area contributed by atoms with Crippen LogP contribution in [0.25, 0.3) is 22.8 Å². The number of carbonyl (C=O) groups excluding carboxylic acids is 1. The number of carbonyl (C=O) groups is 1. The number of benzene rings is 2. The lowest BCUT2D eigenvalue weighted by Crippen LogP contribution is -2.10. The molecule has 0 amide bonds. The molecule has 0 atom stereocenters. The van der Waals surface area contributed by atoms with Gasteiger partial charge in [-0.3, -0.25) is 9.97 Å². The van der Waals surface area contributed by atoms with Crippen LogP contribution >= 0.6 is 23.2 Å². The zero-order valence-corrected chi connectivity index (χ0v) is 30.3. The van der Waals surface area contributed by atoms with Gasteiger partial charge in [-0.15, -0.1) is 0 Å². The molecule has 2 aromatic carbocycles. The van der Waals surface area contributed by atoms with E-state index in [9.17, 15) is 13.6 Å². The van der Waals surface area contributed by atoms with Crippen molar-refractivity contribution in [3.8, 4) is 22.8 Å². The van der Waals surface area contributed by atoms with Crippen LogP contribution in [-0.2, 0) is 40.6 Å². The van der Waals surface area contributed by atoms with E-state index in [4.69, 9.17) is 37.4 Å². The minimum atomic E-state index is -0.508. The van der Waals surface area contributed by atoms with Crippen molar-refractivity contribution < 1.29 is 27.8 Å². The molecule has 2 N–H and O–H groups in total. The van der Waals surface area contributed by atoms with Gasteiger partial charge in [0, 0.05) is 51.6 Å². The Hall–Kier alpha value is -5.67. The summed E-state index contributed by atoms with van der Waals surface area (Å²) in [4.78, 5) is 38.2. The van der Waals surface area contributed by atoms with Crippen molar-refractivity contribution in [2.75, 3.05) is 17.2 Å². The van der Waals surface area contributed by atoms with Crippen LogP contribution in [0.5, 0.6) is 0 Å². The summed E-state index contributed by atoms with van der Waals surface area (Å²) < 4.78 is 44.7. The highest BCUT2D eigenvalue weighted by atomic mass is 35.5. The van der Waals surface area contributed by atoms with Crippen molar-refractivity contribution in [1.29, 1.82) is 0 Å². The number of fused-ring (bicyclic) bond motifs is 2. The number of ether oxygens (including phenoxy) is 3. The first kappa shape index (κ1) is 36.7. The summed E-state index contributed by atoms with van der Waals surface area (Å²) in [6.45, 7) is 5.28. The van der Waals surface area contributed by atoms with Crippen molar-refractivity contribution in [1.82, 2.24) is 29.9 Å². The topological polar surface area (TPSA) is 146 Å². The van der Waals surface area contributed by atoms with Gasteiger partial charge in [0.1, 0.15) is 28.8 Å². The number of aryl methyl sites for hydroxylation is 1. The van der Waals surface area contributed by atoms with Gasteiger partial charge < -0.3 is 24.8 Å². The zero-order valence-electron chi connectivity index (χ0n) is 28.8. The molecule has 4 aromatic heterocycles. The van der Waals surface area contributed by atoms with Gasteiger partial charge in [0.2, 0.25) is 0 Å². The average molecular weight is 772 g/mol. The van der Waals surface area contributed by atoms with E-state index in [0.29, 0.717) is 52.9 Å². The van der Waals surface area contributed by atoms with E-state index in [2.05, 4.69) is 40.5 Å². The number of esters is 1. The molecule has 6 aromatic rings. The summed E-state index contributed by atoms with van der Waals surface area (Å²) in [7, 11) is 0. The Morgan fingerprint density at radius 2 is 1.26 bits per heavy atom. The average Bonchev–Trinajstić information content (AvgIpc) is 3.86. The van der Waals surface area contributed by atoms with Gasteiger partial charge >= 0.3 is 5.97 Å². The van der Waals surface area contributed by atoms with E-state index in [1.165, 1.54) is 42.6 Å². The molecular formula is C38H30Cl2F2N8O4. The molecule has 0 spiro atoms. The first-order chi connectivity index (χ1) is 26.2. The van der Waals surface area contributed by atoms with E-state index >= 15 is 0 Å². The van der Waals surface area contributed by atoms with Gasteiger partial charge in [0.15, 0.2) is 11.6 Å². The summed E-state index contributed by atoms with van der Waals surface area (Å²) in [5.41, 5.74) is 6.02. The summed E-state index contributed by atoms with van der Waals surface area (Å²) >= 11 is 12.0. The molecule has 54 heavy (non-hydrogen) atoms. The largest absolute Gasteiger partial charge is 0.462 e. The lowest BCUT2D eigenvalue weighted by atomic mass is 10.1. The SMILES string of the molecule is CCOC(=O)c1cnccc1Nc1nc(-c2cc(Cl)ccc2F)nc2c1COC2.Cc1cnccc1Nc1nc(-c2cc(Cl)ccc2F)nc2c1COC2. The Morgan fingerprint density at radius 1 is 0.741 bits per heavy atom. The van der Waals surface area contributed by atoms with Gasteiger partial charge in [-0.1, -0.05) is 23.2 Å². The van der Waals surface area contributed by atoms with Crippen LogP contribution in [0.2, 0.25) is 10.0 Å². The monoisotopic (exact) mass is 770 g/mol. The van der Waals surface area contributed by atoms with Crippen LogP contribution < -0.4 is 10.6 Å². The molecule has 12 nitrogen and oxygen atoms in total. The Morgan fingerprint density at radius 3 is 1.80 bits per heavy atom. The molecular weight excluding hydrogens is 741 g/mol. The number of aromatic nitrogens is 6. The lowest BCUT2D eigenvalue weighted by molar-refractivity contribution is 0.0527. The molecule has 0 bridgehead atoms. The second-order valence-electron chi connectivity index (χ2n) is 12.0. The first-order valence-electron chi connectivity index (χ1n) is 16.6. The molecule has 0 saturated heterocycles. The Bertz CT molecular complexity index is 2390. The van der Waals surface area contributed by atoms with Gasteiger partial charge in [0.25, 0.3) is 0 Å². The molecule has 8 rings (SSSR count). The summed E-state index contributed by atoms with van der Waals surface area (Å²) in [6, 6.07) is 12.0. The number of nitrogens with zero attached hydrogens (tertiary/aromatic N) is 6. The Balaban J connectivity index is 0.000000168. The second kappa shape index (κ2) is 16.1. The standard InChI is InChI=1S/C20H16ClFN4O3.C18H14ClFN4O/c1-2-29-20(27)13-8-23-6-5-16(13)24-19-14-9-28-10-17(14)25-18(26-19)12-7-11(21)3-4-15(12)22;1-10-7-21-5-4-15(10)22-18-13-8-25-9-16(13)23-17(24-18)12-6-11(19)2-3-14(12)20/h3-8H,2,9-10H2,1H3,(H,23,24,25,26);2-7H,8-9H2,1H3,(H,21,22,23,24). The maximum Gasteiger partial charge on any atom is 0.341 e. The molecule has 16 heteroatoms. The first-order valence-corrected chi connectivity index (χ1v) is 17.4. The Kier molecular flexibility index (Phi) is 11.0. The van der Waals surface area contributed by atoms with Crippen LogP contribution in [0.4, 0.5) is 31.8 Å². The fraction of sp³-hybridized carbons (Fsp3) is 0.184. The van der Waals surface area contributed by atoms with Crippen LogP contribution in [0.15, 0.2) is 73.3 Å². The quantitative estimate of drug-likeness (QED) is 0.143. The van der Waals surface area contributed by atoms with Gasteiger partial charge in [0.05, 0.1) is 61.2 Å². The van der Waals surface area contributed by atoms with Crippen LogP contribution in [0, 0.1) is 18.6 Å². The van der Waals surface area contributed by atoms with Crippen molar-refractivity contribution in [3.05, 3.63) is 129 Å². The molecule has 2 aliphatic rings. The van der Waals surface area contributed by atoms with Gasteiger partial charge in [-0.25, -0.2) is 33.5 Å². The van der Waals surface area contributed by atoms with Gasteiger partial charge in [-0.05, 0) is 67.9 Å². The maximum absolute atomic E-state index is 14.4. The lowest BCUT2D eigenvalue weighted by Gasteiger charge is -2.14. The Labute approximate surface area is 317 Å². The van der Waals surface area contributed by atoms with E-state index in [1.807, 2.05) is 13.0 Å². The van der Waals surface area contributed by atoms with E-state index in [1.54, 1.807) is 31.6 Å². The highest BCUT2D eigenvalue weighted by Crippen LogP contribution is 2.34. The third-order valence-electron chi connectivity index (χ3n) is 8.34. The molecule has 0 saturated carbocycles. The third-order valence-corrected chi connectivity index (χ3v) is 8.81. The molecule has 6 heterocycles. The van der Waals surface area contributed by atoms with Gasteiger partial charge in [-0.2, -0.15) is 0 Å². The smallest absolute Gasteiger partial charge is 0.341 e. The molecule has 274 valence electrons. The number of hydrogen-bond donors (Lipinski definition) is 2. The van der Waals surface area contributed by atoms with E-state index < -0.39 is 17.6 Å². The van der Waals surface area contributed by atoms with E-state index in [0.717, 1.165) is 28.1 Å². The predicted molar refractivity (Wildman–Crippen MR) is 198 cm³/mol. The number of halogens is 4. The number of anilines is 4. The summed E-state index contributed by atoms with van der Waals surface area (Å²) in [6.07, 6.45) is 6.42. The summed E-state index contributed by atoms with van der Waals surface area (Å²) in [5.74, 6) is 0.0440. The van der Waals surface area contributed by atoms with Crippen molar-refractivity contribution >= 4 is 52.2 Å².